The van der Waals surface area contributed by atoms with Gasteiger partial charge in [0.05, 0.1) is 31.2 Å². The molecule has 0 spiro atoms. The van der Waals surface area contributed by atoms with Gasteiger partial charge in [-0.25, -0.2) is 4.98 Å². The molecule has 0 bridgehead atoms. The summed E-state index contributed by atoms with van der Waals surface area (Å²) in [5, 5.41) is 6.90. The predicted octanol–water partition coefficient (Wildman–Crippen LogP) is 5.40. The Morgan fingerprint density at radius 1 is 0.929 bits per heavy atom. The number of carbonyl (C=O) groups is 1. The Kier molecular flexibility index (Phi) is 6.23. The molecule has 3 rings (SSSR count). The highest BCUT2D eigenvalue weighted by molar-refractivity contribution is 6.31. The van der Waals surface area contributed by atoms with Crippen LogP contribution in [0.2, 0.25) is 10.0 Å². The van der Waals surface area contributed by atoms with Crippen LogP contribution in [0.5, 0.6) is 11.5 Å². The van der Waals surface area contributed by atoms with Crippen molar-refractivity contribution in [1.82, 2.24) is 4.98 Å². The zero-order chi connectivity index (χ0) is 20.1. The van der Waals surface area contributed by atoms with Gasteiger partial charge in [-0.1, -0.05) is 23.2 Å². The lowest BCUT2D eigenvalue weighted by Gasteiger charge is -2.15. The molecule has 144 valence electrons. The van der Waals surface area contributed by atoms with Crippen molar-refractivity contribution in [2.75, 3.05) is 24.9 Å². The molecule has 6 nitrogen and oxygen atoms in total. The monoisotopic (exact) mass is 417 g/mol. The van der Waals surface area contributed by atoms with Gasteiger partial charge < -0.3 is 20.1 Å². The van der Waals surface area contributed by atoms with Crippen molar-refractivity contribution < 1.29 is 14.3 Å². The van der Waals surface area contributed by atoms with E-state index < -0.39 is 0 Å². The van der Waals surface area contributed by atoms with Crippen LogP contribution in [0, 0.1) is 0 Å². The molecular formula is C20H17Cl2N3O3. The second-order valence-electron chi connectivity index (χ2n) is 5.67. The smallest absolute Gasteiger partial charge is 0.259 e. The average Bonchev–Trinajstić information content (AvgIpc) is 2.69. The first-order valence-electron chi connectivity index (χ1n) is 8.22. The Balaban J connectivity index is 1.92. The van der Waals surface area contributed by atoms with Crippen LogP contribution < -0.4 is 20.1 Å². The largest absolute Gasteiger partial charge is 0.495 e. The van der Waals surface area contributed by atoms with Gasteiger partial charge in [0.15, 0.2) is 0 Å². The molecule has 3 aromatic rings. The molecule has 0 radical (unpaired) electrons. The number of hydrogen-bond donors (Lipinski definition) is 2. The number of rotatable bonds is 6. The van der Waals surface area contributed by atoms with Crippen LogP contribution in [0.1, 0.15) is 10.4 Å². The molecule has 0 fully saturated rings. The van der Waals surface area contributed by atoms with E-state index in [1.807, 2.05) is 0 Å². The second kappa shape index (κ2) is 8.82. The van der Waals surface area contributed by atoms with Gasteiger partial charge in [-0.05, 0) is 48.5 Å². The number of ether oxygens (including phenoxy) is 2. The third-order valence-electron chi connectivity index (χ3n) is 3.88. The van der Waals surface area contributed by atoms with E-state index in [1.165, 1.54) is 7.11 Å². The first kappa shape index (κ1) is 19.8. The van der Waals surface area contributed by atoms with E-state index >= 15 is 0 Å². The molecule has 0 saturated carbocycles. The van der Waals surface area contributed by atoms with Crippen molar-refractivity contribution in [2.45, 2.75) is 0 Å². The lowest BCUT2D eigenvalue weighted by atomic mass is 10.2. The van der Waals surface area contributed by atoms with Crippen molar-refractivity contribution in [2.24, 2.45) is 0 Å². The number of carbonyl (C=O) groups excluding carboxylic acids is 1. The number of anilines is 3. The summed E-state index contributed by atoms with van der Waals surface area (Å²) in [7, 11) is 3.06. The van der Waals surface area contributed by atoms with Gasteiger partial charge in [0.2, 0.25) is 0 Å². The van der Waals surface area contributed by atoms with Crippen LogP contribution in [-0.4, -0.2) is 25.1 Å². The lowest BCUT2D eigenvalue weighted by Crippen LogP contribution is -2.15. The summed E-state index contributed by atoms with van der Waals surface area (Å²) >= 11 is 12.1. The van der Waals surface area contributed by atoms with Gasteiger partial charge in [-0.2, -0.15) is 0 Å². The van der Waals surface area contributed by atoms with Crippen LogP contribution in [0.15, 0.2) is 54.7 Å². The molecule has 0 aliphatic carbocycles. The third kappa shape index (κ3) is 4.47. The van der Waals surface area contributed by atoms with Crippen LogP contribution in [0.3, 0.4) is 0 Å². The van der Waals surface area contributed by atoms with Crippen molar-refractivity contribution in [1.29, 1.82) is 0 Å². The average molecular weight is 418 g/mol. The normalized spacial score (nSPS) is 10.3. The molecule has 1 aromatic heterocycles. The zero-order valence-electron chi connectivity index (χ0n) is 15.1. The summed E-state index contributed by atoms with van der Waals surface area (Å²) in [4.78, 5) is 17.2. The Morgan fingerprint density at radius 3 is 2.18 bits per heavy atom. The van der Waals surface area contributed by atoms with E-state index in [4.69, 9.17) is 32.7 Å². The molecule has 0 unspecified atom stereocenters. The Morgan fingerprint density at radius 2 is 1.54 bits per heavy atom. The molecule has 2 aromatic carbocycles. The number of pyridine rings is 1. The maximum Gasteiger partial charge on any atom is 0.259 e. The topological polar surface area (TPSA) is 72.5 Å². The second-order valence-corrected chi connectivity index (χ2v) is 6.54. The van der Waals surface area contributed by atoms with E-state index in [-0.39, 0.29) is 5.91 Å². The number of hydrogen-bond acceptors (Lipinski definition) is 5. The minimum atomic E-state index is -0.378. The van der Waals surface area contributed by atoms with Gasteiger partial charge in [0.25, 0.3) is 5.91 Å². The fourth-order valence-electron chi connectivity index (χ4n) is 2.56. The van der Waals surface area contributed by atoms with Crippen LogP contribution in [0.25, 0.3) is 0 Å². The highest BCUT2D eigenvalue weighted by atomic mass is 35.5. The van der Waals surface area contributed by atoms with Crippen molar-refractivity contribution >= 4 is 46.3 Å². The summed E-state index contributed by atoms with van der Waals surface area (Å²) in [5.41, 5.74) is 1.37. The highest BCUT2D eigenvalue weighted by Gasteiger charge is 2.16. The van der Waals surface area contributed by atoms with Gasteiger partial charge in [-0.15, -0.1) is 0 Å². The number of methoxy groups -OCH3 is 2. The van der Waals surface area contributed by atoms with Gasteiger partial charge in [-0.3, -0.25) is 4.79 Å². The molecular weight excluding hydrogens is 401 g/mol. The van der Waals surface area contributed by atoms with E-state index in [2.05, 4.69) is 15.6 Å². The van der Waals surface area contributed by atoms with Crippen molar-refractivity contribution in [3.63, 3.8) is 0 Å². The number of benzene rings is 2. The zero-order valence-corrected chi connectivity index (χ0v) is 16.6. The molecule has 2 N–H and O–H groups in total. The number of nitrogens with one attached hydrogen (secondary N) is 2. The molecule has 8 heteroatoms. The van der Waals surface area contributed by atoms with E-state index in [1.54, 1.807) is 61.8 Å². The Bertz CT molecular complexity index is 1010. The van der Waals surface area contributed by atoms with E-state index in [9.17, 15) is 4.79 Å². The van der Waals surface area contributed by atoms with Gasteiger partial charge >= 0.3 is 0 Å². The lowest BCUT2D eigenvalue weighted by molar-refractivity contribution is 0.102. The minimum absolute atomic E-state index is 0.326. The van der Waals surface area contributed by atoms with E-state index in [0.29, 0.717) is 44.3 Å². The summed E-state index contributed by atoms with van der Waals surface area (Å²) in [6, 6.07) is 13.4. The number of halogens is 2. The Hall–Kier alpha value is -2.96. The highest BCUT2D eigenvalue weighted by Crippen LogP contribution is 2.32. The Labute approximate surface area is 172 Å². The predicted molar refractivity (Wildman–Crippen MR) is 111 cm³/mol. The van der Waals surface area contributed by atoms with E-state index in [0.717, 1.165) is 0 Å². The molecule has 0 saturated heterocycles. The number of amides is 1. The fraction of sp³-hybridized carbons (Fsp3) is 0.100. The minimum Gasteiger partial charge on any atom is -0.495 e. The van der Waals surface area contributed by atoms with Crippen molar-refractivity contribution in [3.05, 3.63) is 70.3 Å². The molecule has 0 aliphatic rings. The first-order valence-corrected chi connectivity index (χ1v) is 8.98. The van der Waals surface area contributed by atoms with Crippen LogP contribution in [0.4, 0.5) is 17.2 Å². The standard InChI is InChI=1S/C20H17Cl2N3O3/c1-27-17-7-5-12(21)10-15(17)24-19-14(4-3-9-23-19)20(26)25-16-11-13(22)6-8-18(16)28-2/h3-11H,1-2H3,(H,23,24)(H,25,26). The summed E-state index contributed by atoms with van der Waals surface area (Å²) in [6.07, 6.45) is 1.58. The summed E-state index contributed by atoms with van der Waals surface area (Å²) in [6.45, 7) is 0. The molecule has 1 heterocycles. The number of nitrogens with zero attached hydrogens (tertiary/aromatic N) is 1. The number of aromatic nitrogens is 1. The fourth-order valence-corrected chi connectivity index (χ4v) is 2.91. The van der Waals surface area contributed by atoms with Crippen molar-refractivity contribution in [3.8, 4) is 11.5 Å². The molecule has 28 heavy (non-hydrogen) atoms. The first-order chi connectivity index (χ1) is 13.5. The summed E-state index contributed by atoms with van der Waals surface area (Å²) < 4.78 is 10.6. The molecule has 0 aliphatic heterocycles. The SMILES string of the molecule is COc1ccc(Cl)cc1NC(=O)c1cccnc1Nc1cc(Cl)ccc1OC. The third-order valence-corrected chi connectivity index (χ3v) is 4.35. The van der Waals surface area contributed by atoms with Gasteiger partial charge in [0.1, 0.15) is 17.3 Å². The van der Waals surface area contributed by atoms with Crippen LogP contribution >= 0.6 is 23.2 Å². The molecule has 0 atom stereocenters. The summed E-state index contributed by atoms with van der Waals surface area (Å²) in [5.74, 6) is 1.03. The van der Waals surface area contributed by atoms with Gasteiger partial charge in [0, 0.05) is 16.2 Å². The maximum atomic E-state index is 12.9. The maximum absolute atomic E-state index is 12.9. The quantitative estimate of drug-likeness (QED) is 0.561. The molecule has 1 amide bonds. The van der Waals surface area contributed by atoms with Crippen LogP contribution in [-0.2, 0) is 0 Å².